The maximum Gasteiger partial charge on any atom is 0.573 e. The maximum absolute atomic E-state index is 12.7. The molecule has 0 aliphatic rings. The average Bonchev–Trinajstić information content (AvgIpc) is 3.26. The van der Waals surface area contributed by atoms with Crippen molar-refractivity contribution in [3.8, 4) is 28.4 Å². The summed E-state index contributed by atoms with van der Waals surface area (Å²) in [5.74, 6) is 0.0870. The molecule has 2 aromatic heterocycles. The van der Waals surface area contributed by atoms with E-state index in [1.807, 2.05) is 0 Å². The van der Waals surface area contributed by atoms with Crippen LogP contribution in [0.15, 0.2) is 53.5 Å². The number of halogens is 3. The summed E-state index contributed by atoms with van der Waals surface area (Å²) in [5, 5.41) is 20.5. The highest BCUT2D eigenvalue weighted by Gasteiger charge is 2.31. The standard InChI is InChI=1S/C21H18F3N5O4/c1-32-13-7-12(8-14(9-13)33-21(22,23)24)29-11-17(27-28-29)15-3-2-4-16-18(31)10-19(25-5-6-30)26-20(15)16/h2-4,7-11,30H,5-6H2,1H3,(H2,25,26,31). The first kappa shape index (κ1) is 22.1. The van der Waals surface area contributed by atoms with Crippen LogP contribution in [0.5, 0.6) is 11.5 Å². The molecule has 0 amide bonds. The Morgan fingerprint density at radius 1 is 1.18 bits per heavy atom. The van der Waals surface area contributed by atoms with E-state index < -0.39 is 12.1 Å². The molecule has 9 nitrogen and oxygen atoms in total. The molecule has 4 rings (SSSR count). The van der Waals surface area contributed by atoms with Gasteiger partial charge in [-0.15, -0.1) is 18.3 Å². The van der Waals surface area contributed by atoms with Crippen LogP contribution < -0.4 is 20.2 Å². The highest BCUT2D eigenvalue weighted by Crippen LogP contribution is 2.31. The minimum Gasteiger partial charge on any atom is -0.497 e. The highest BCUT2D eigenvalue weighted by atomic mass is 19.4. The Morgan fingerprint density at radius 3 is 2.70 bits per heavy atom. The van der Waals surface area contributed by atoms with E-state index in [9.17, 15) is 18.0 Å². The van der Waals surface area contributed by atoms with Crippen molar-refractivity contribution in [3.63, 3.8) is 0 Å². The summed E-state index contributed by atoms with van der Waals surface area (Å²) in [4.78, 5) is 15.6. The normalized spacial score (nSPS) is 11.5. The van der Waals surface area contributed by atoms with E-state index in [1.54, 1.807) is 18.2 Å². The Morgan fingerprint density at radius 2 is 1.97 bits per heavy atom. The van der Waals surface area contributed by atoms with E-state index in [2.05, 4.69) is 25.3 Å². The van der Waals surface area contributed by atoms with Crippen LogP contribution in [0.1, 0.15) is 0 Å². The fourth-order valence-electron chi connectivity index (χ4n) is 3.28. The first-order chi connectivity index (χ1) is 15.8. The lowest BCUT2D eigenvalue weighted by Gasteiger charge is -2.12. The molecule has 172 valence electrons. The van der Waals surface area contributed by atoms with Crippen LogP contribution in [0.2, 0.25) is 0 Å². The van der Waals surface area contributed by atoms with Gasteiger partial charge in [-0.25, -0.2) is 4.68 Å². The molecule has 0 fully saturated rings. The number of ether oxygens (including phenoxy) is 2. The molecule has 0 unspecified atom stereocenters. The molecule has 0 aliphatic heterocycles. The monoisotopic (exact) mass is 461 g/mol. The van der Waals surface area contributed by atoms with Crippen molar-refractivity contribution in [2.75, 3.05) is 25.6 Å². The fourth-order valence-corrected chi connectivity index (χ4v) is 3.28. The molecule has 0 saturated heterocycles. The number of alkyl halides is 3. The zero-order chi connectivity index (χ0) is 23.6. The number of H-pyrrole nitrogens is 1. The number of fused-ring (bicyclic) bond motifs is 1. The van der Waals surface area contributed by atoms with Crippen molar-refractivity contribution >= 4 is 16.7 Å². The number of nitrogens with one attached hydrogen (secondary N) is 2. The van der Waals surface area contributed by atoms with Gasteiger partial charge < -0.3 is 24.9 Å². The van der Waals surface area contributed by atoms with Gasteiger partial charge in [0.25, 0.3) is 0 Å². The van der Waals surface area contributed by atoms with Crippen molar-refractivity contribution < 1.29 is 27.8 Å². The van der Waals surface area contributed by atoms with Gasteiger partial charge in [0.2, 0.25) is 0 Å². The van der Waals surface area contributed by atoms with Crippen molar-refractivity contribution in [1.82, 2.24) is 20.0 Å². The second-order valence-corrected chi connectivity index (χ2v) is 6.89. The Balaban J connectivity index is 1.77. The van der Waals surface area contributed by atoms with Crippen molar-refractivity contribution in [2.24, 2.45) is 0 Å². The number of para-hydroxylation sites is 1. The van der Waals surface area contributed by atoms with Crippen LogP contribution in [-0.4, -0.2) is 51.7 Å². The first-order valence-electron chi connectivity index (χ1n) is 9.66. The molecule has 3 N–H and O–H groups in total. The second kappa shape index (κ2) is 8.82. The minimum absolute atomic E-state index is 0.114. The van der Waals surface area contributed by atoms with Gasteiger partial charge in [0, 0.05) is 41.8 Å². The Labute approximate surface area is 184 Å². The van der Waals surface area contributed by atoms with E-state index in [-0.39, 0.29) is 30.0 Å². The molecule has 12 heteroatoms. The van der Waals surface area contributed by atoms with Crippen LogP contribution in [0, 0.1) is 0 Å². The van der Waals surface area contributed by atoms with Gasteiger partial charge in [-0.05, 0) is 6.07 Å². The summed E-state index contributed by atoms with van der Waals surface area (Å²) in [6.07, 6.45) is -3.36. The fraction of sp³-hybridized carbons (Fsp3) is 0.190. The SMILES string of the molecule is COc1cc(OC(F)(F)F)cc(-n2cc(-c3cccc4c(=O)cc(NCCO)[nH]c34)nn2)c1. The van der Waals surface area contributed by atoms with Crippen molar-refractivity contribution in [1.29, 1.82) is 0 Å². The smallest absolute Gasteiger partial charge is 0.497 e. The molecule has 0 radical (unpaired) electrons. The zero-order valence-corrected chi connectivity index (χ0v) is 17.2. The number of methoxy groups -OCH3 is 1. The lowest BCUT2D eigenvalue weighted by molar-refractivity contribution is -0.274. The summed E-state index contributed by atoms with van der Waals surface area (Å²) in [6.45, 7) is 0.134. The number of aromatic nitrogens is 4. The van der Waals surface area contributed by atoms with E-state index in [0.717, 1.165) is 12.1 Å². The molecular formula is C21H18F3N5O4. The van der Waals surface area contributed by atoms with Crippen LogP contribution in [-0.2, 0) is 0 Å². The largest absolute Gasteiger partial charge is 0.573 e. The number of nitrogens with zero attached hydrogens (tertiary/aromatic N) is 3. The van der Waals surface area contributed by atoms with Crippen molar-refractivity contribution in [2.45, 2.75) is 6.36 Å². The number of aromatic amines is 1. The molecule has 0 atom stereocenters. The lowest BCUT2D eigenvalue weighted by atomic mass is 10.1. The molecular weight excluding hydrogens is 443 g/mol. The number of aliphatic hydroxyl groups is 1. The summed E-state index contributed by atoms with van der Waals surface area (Å²) >= 11 is 0. The Bertz CT molecular complexity index is 1350. The highest BCUT2D eigenvalue weighted by molar-refractivity contribution is 5.93. The lowest BCUT2D eigenvalue weighted by Crippen LogP contribution is -2.17. The van der Waals surface area contributed by atoms with Gasteiger partial charge in [0.1, 0.15) is 23.0 Å². The van der Waals surface area contributed by atoms with Gasteiger partial charge in [0.05, 0.1) is 31.1 Å². The van der Waals surface area contributed by atoms with Crippen LogP contribution in [0.3, 0.4) is 0 Å². The minimum atomic E-state index is -4.87. The number of pyridine rings is 1. The van der Waals surface area contributed by atoms with Crippen LogP contribution >= 0.6 is 0 Å². The number of rotatable bonds is 7. The van der Waals surface area contributed by atoms with E-state index >= 15 is 0 Å². The quantitative estimate of drug-likeness (QED) is 0.388. The Hall–Kier alpha value is -4.06. The third-order valence-electron chi connectivity index (χ3n) is 4.66. The van der Waals surface area contributed by atoms with E-state index in [4.69, 9.17) is 9.84 Å². The van der Waals surface area contributed by atoms with Gasteiger partial charge in [-0.2, -0.15) is 0 Å². The summed E-state index contributed by atoms with van der Waals surface area (Å²) < 4.78 is 48.4. The third-order valence-corrected chi connectivity index (χ3v) is 4.66. The molecule has 0 saturated carbocycles. The Kier molecular flexibility index (Phi) is 5.92. The van der Waals surface area contributed by atoms with E-state index in [1.165, 1.54) is 30.1 Å². The predicted molar refractivity (Wildman–Crippen MR) is 114 cm³/mol. The number of hydrogen-bond acceptors (Lipinski definition) is 7. The number of aliphatic hydroxyl groups excluding tert-OH is 1. The molecule has 2 heterocycles. The number of anilines is 1. The predicted octanol–water partition coefficient (Wildman–Crippen LogP) is 3.09. The van der Waals surface area contributed by atoms with Gasteiger partial charge in [-0.3, -0.25) is 4.79 Å². The van der Waals surface area contributed by atoms with Crippen LogP contribution in [0.4, 0.5) is 19.0 Å². The van der Waals surface area contributed by atoms with Gasteiger partial charge in [0.15, 0.2) is 5.43 Å². The molecule has 0 bridgehead atoms. The molecule has 4 aromatic rings. The topological polar surface area (TPSA) is 114 Å². The number of hydrogen-bond donors (Lipinski definition) is 3. The molecule has 33 heavy (non-hydrogen) atoms. The van der Waals surface area contributed by atoms with Crippen molar-refractivity contribution in [3.05, 3.63) is 58.9 Å². The van der Waals surface area contributed by atoms with Gasteiger partial charge in [-0.1, -0.05) is 17.3 Å². The molecule has 2 aromatic carbocycles. The zero-order valence-electron chi connectivity index (χ0n) is 17.2. The summed E-state index contributed by atoms with van der Waals surface area (Å²) in [6, 6.07) is 10.2. The van der Waals surface area contributed by atoms with E-state index in [0.29, 0.717) is 28.0 Å². The van der Waals surface area contributed by atoms with Crippen LogP contribution in [0.25, 0.3) is 27.8 Å². The molecule has 0 spiro atoms. The first-order valence-corrected chi connectivity index (χ1v) is 9.66. The molecule has 0 aliphatic carbocycles. The average molecular weight is 461 g/mol. The summed E-state index contributed by atoms with van der Waals surface area (Å²) in [5.41, 5.74) is 1.41. The second-order valence-electron chi connectivity index (χ2n) is 6.89. The van der Waals surface area contributed by atoms with Gasteiger partial charge >= 0.3 is 6.36 Å². The maximum atomic E-state index is 12.7. The third kappa shape index (κ3) is 4.90. The summed E-state index contributed by atoms with van der Waals surface area (Å²) in [7, 11) is 1.32. The number of benzene rings is 2.